The molecule has 1 aliphatic rings. The highest BCUT2D eigenvalue weighted by Gasteiger charge is 2.18. The number of rotatable bonds is 4. The smallest absolute Gasteiger partial charge is 0.238 e. The van der Waals surface area contributed by atoms with Crippen LogP contribution in [0.2, 0.25) is 0 Å². The standard InChI is InChI=1S/C19H21N5O2S/c20-27(25,26)17-8-6-16(7-9-17)24-11-10-21-19(24)15-12-22-18(23-13-15)14-4-2-1-3-5-14/h6-14H,1-5H2,(H2,20,25,26). The molecular formula is C19H21N5O2S. The van der Waals surface area contributed by atoms with Crippen LogP contribution in [0.1, 0.15) is 43.8 Å². The largest absolute Gasteiger partial charge is 0.300 e. The third-order valence-electron chi connectivity index (χ3n) is 4.98. The fourth-order valence-corrected chi connectivity index (χ4v) is 4.06. The van der Waals surface area contributed by atoms with E-state index in [0.29, 0.717) is 11.7 Å². The SMILES string of the molecule is NS(=O)(=O)c1ccc(-n2ccnc2-c2cnc(C3CCCCC3)nc2)cc1. The van der Waals surface area contributed by atoms with Crippen LogP contribution in [0, 0.1) is 0 Å². The molecule has 8 heteroatoms. The van der Waals surface area contributed by atoms with E-state index >= 15 is 0 Å². The molecule has 0 unspecified atom stereocenters. The van der Waals surface area contributed by atoms with E-state index in [1.165, 1.54) is 31.4 Å². The van der Waals surface area contributed by atoms with Gasteiger partial charge in [-0.3, -0.25) is 4.57 Å². The van der Waals surface area contributed by atoms with Gasteiger partial charge in [0.05, 0.1) is 10.5 Å². The van der Waals surface area contributed by atoms with E-state index < -0.39 is 10.0 Å². The van der Waals surface area contributed by atoms with Crippen LogP contribution < -0.4 is 5.14 Å². The summed E-state index contributed by atoms with van der Waals surface area (Å²) in [5, 5.41) is 5.16. The Morgan fingerprint density at radius 3 is 2.26 bits per heavy atom. The number of imidazole rings is 1. The highest BCUT2D eigenvalue weighted by Crippen LogP contribution is 2.31. The summed E-state index contributed by atoms with van der Waals surface area (Å²) >= 11 is 0. The number of hydrogen-bond donors (Lipinski definition) is 1. The van der Waals surface area contributed by atoms with Crippen LogP contribution in [0.4, 0.5) is 0 Å². The van der Waals surface area contributed by atoms with E-state index in [9.17, 15) is 8.42 Å². The molecule has 1 saturated carbocycles. The van der Waals surface area contributed by atoms with Gasteiger partial charge in [0, 0.05) is 36.4 Å². The van der Waals surface area contributed by atoms with E-state index in [-0.39, 0.29) is 4.90 Å². The molecule has 0 saturated heterocycles. The Morgan fingerprint density at radius 1 is 0.963 bits per heavy atom. The Labute approximate surface area is 158 Å². The lowest BCUT2D eigenvalue weighted by atomic mass is 9.89. The van der Waals surface area contributed by atoms with Crippen molar-refractivity contribution in [1.82, 2.24) is 19.5 Å². The summed E-state index contributed by atoms with van der Waals surface area (Å²) in [6.45, 7) is 0. The fraction of sp³-hybridized carbons (Fsp3) is 0.316. The molecule has 0 atom stereocenters. The Bertz CT molecular complexity index is 1020. The second-order valence-corrected chi connectivity index (χ2v) is 8.39. The zero-order valence-electron chi connectivity index (χ0n) is 14.8. The molecule has 140 valence electrons. The van der Waals surface area contributed by atoms with Crippen molar-refractivity contribution in [2.24, 2.45) is 5.14 Å². The van der Waals surface area contributed by atoms with Crippen LogP contribution >= 0.6 is 0 Å². The predicted molar refractivity (Wildman–Crippen MR) is 102 cm³/mol. The molecule has 0 aliphatic heterocycles. The van der Waals surface area contributed by atoms with Crippen molar-refractivity contribution in [3.05, 3.63) is 54.9 Å². The second kappa shape index (κ2) is 7.21. The minimum Gasteiger partial charge on any atom is -0.300 e. The van der Waals surface area contributed by atoms with Crippen molar-refractivity contribution in [3.63, 3.8) is 0 Å². The van der Waals surface area contributed by atoms with Gasteiger partial charge in [0.15, 0.2) is 0 Å². The molecule has 27 heavy (non-hydrogen) atoms. The van der Waals surface area contributed by atoms with Crippen molar-refractivity contribution >= 4 is 10.0 Å². The maximum Gasteiger partial charge on any atom is 0.238 e. The van der Waals surface area contributed by atoms with E-state index in [1.54, 1.807) is 18.3 Å². The zero-order chi connectivity index (χ0) is 18.9. The molecule has 1 aromatic carbocycles. The Balaban J connectivity index is 1.62. The van der Waals surface area contributed by atoms with Crippen molar-refractivity contribution in [1.29, 1.82) is 0 Å². The van der Waals surface area contributed by atoms with Gasteiger partial charge in [-0.1, -0.05) is 19.3 Å². The molecule has 1 aliphatic carbocycles. The number of hydrogen-bond acceptors (Lipinski definition) is 5. The van der Waals surface area contributed by atoms with Gasteiger partial charge in [0.1, 0.15) is 11.6 Å². The highest BCUT2D eigenvalue weighted by atomic mass is 32.2. The molecule has 2 heterocycles. The summed E-state index contributed by atoms with van der Waals surface area (Å²) in [5.74, 6) is 2.07. The van der Waals surface area contributed by atoms with Crippen molar-refractivity contribution in [3.8, 4) is 17.1 Å². The minimum absolute atomic E-state index is 0.0769. The number of aromatic nitrogens is 4. The number of nitrogens with zero attached hydrogens (tertiary/aromatic N) is 4. The van der Waals surface area contributed by atoms with Crippen molar-refractivity contribution in [2.45, 2.75) is 42.9 Å². The normalized spacial score (nSPS) is 15.7. The number of primary sulfonamides is 1. The minimum atomic E-state index is -3.71. The molecule has 2 N–H and O–H groups in total. The van der Waals surface area contributed by atoms with E-state index in [0.717, 1.165) is 29.9 Å². The summed E-state index contributed by atoms with van der Waals surface area (Å²) in [4.78, 5) is 13.7. The maximum absolute atomic E-state index is 11.4. The van der Waals surface area contributed by atoms with Crippen LogP contribution in [-0.2, 0) is 10.0 Å². The van der Waals surface area contributed by atoms with Gasteiger partial charge in [-0.25, -0.2) is 28.5 Å². The first-order chi connectivity index (χ1) is 13.0. The van der Waals surface area contributed by atoms with Gasteiger partial charge >= 0.3 is 0 Å². The molecule has 0 spiro atoms. The number of sulfonamides is 1. The summed E-state index contributed by atoms with van der Waals surface area (Å²) in [6.07, 6.45) is 13.2. The van der Waals surface area contributed by atoms with Gasteiger partial charge in [0.2, 0.25) is 10.0 Å². The number of benzene rings is 1. The topological polar surface area (TPSA) is 104 Å². The Kier molecular flexibility index (Phi) is 4.75. The lowest BCUT2D eigenvalue weighted by Gasteiger charge is -2.20. The van der Waals surface area contributed by atoms with Crippen LogP contribution in [0.15, 0.2) is 53.9 Å². The van der Waals surface area contributed by atoms with Gasteiger partial charge in [0.25, 0.3) is 0 Å². The second-order valence-electron chi connectivity index (χ2n) is 6.82. The quantitative estimate of drug-likeness (QED) is 0.746. The monoisotopic (exact) mass is 383 g/mol. The molecule has 3 aromatic rings. The lowest BCUT2D eigenvalue weighted by Crippen LogP contribution is -2.12. The Morgan fingerprint density at radius 2 is 1.63 bits per heavy atom. The van der Waals surface area contributed by atoms with Crippen LogP contribution in [0.5, 0.6) is 0 Å². The first kappa shape index (κ1) is 17.8. The molecule has 0 bridgehead atoms. The van der Waals surface area contributed by atoms with E-state index in [2.05, 4.69) is 15.0 Å². The first-order valence-corrected chi connectivity index (χ1v) is 10.6. The molecule has 1 fully saturated rings. The van der Waals surface area contributed by atoms with Gasteiger partial charge in [-0.2, -0.15) is 0 Å². The van der Waals surface area contributed by atoms with Gasteiger partial charge in [-0.05, 0) is 37.1 Å². The fourth-order valence-electron chi connectivity index (χ4n) is 3.55. The number of nitrogens with two attached hydrogens (primary N) is 1. The molecule has 2 aromatic heterocycles. The third kappa shape index (κ3) is 3.77. The molecule has 4 rings (SSSR count). The molecule has 0 radical (unpaired) electrons. The maximum atomic E-state index is 11.4. The summed E-state index contributed by atoms with van der Waals surface area (Å²) in [5.41, 5.74) is 1.60. The van der Waals surface area contributed by atoms with Gasteiger partial charge in [-0.15, -0.1) is 0 Å². The third-order valence-corrected chi connectivity index (χ3v) is 5.91. The van der Waals surface area contributed by atoms with Crippen LogP contribution in [0.25, 0.3) is 17.1 Å². The van der Waals surface area contributed by atoms with E-state index in [4.69, 9.17) is 5.14 Å². The highest BCUT2D eigenvalue weighted by molar-refractivity contribution is 7.89. The van der Waals surface area contributed by atoms with Crippen LogP contribution in [0.3, 0.4) is 0 Å². The van der Waals surface area contributed by atoms with E-state index in [1.807, 2.05) is 23.2 Å². The summed E-state index contributed by atoms with van der Waals surface area (Å²) < 4.78 is 24.7. The molecule has 0 amide bonds. The molecule has 7 nitrogen and oxygen atoms in total. The van der Waals surface area contributed by atoms with Crippen molar-refractivity contribution < 1.29 is 8.42 Å². The zero-order valence-corrected chi connectivity index (χ0v) is 15.6. The first-order valence-electron chi connectivity index (χ1n) is 9.01. The Hall–Kier alpha value is -2.58. The predicted octanol–water partition coefficient (Wildman–Crippen LogP) is 3.02. The van der Waals surface area contributed by atoms with Crippen LogP contribution in [-0.4, -0.2) is 27.9 Å². The summed E-state index contributed by atoms with van der Waals surface area (Å²) in [7, 11) is -3.71. The van der Waals surface area contributed by atoms with Gasteiger partial charge < -0.3 is 0 Å². The average Bonchev–Trinajstić information content (AvgIpc) is 3.18. The molecular weight excluding hydrogens is 362 g/mol. The lowest BCUT2D eigenvalue weighted by molar-refractivity contribution is 0.428. The average molecular weight is 383 g/mol. The van der Waals surface area contributed by atoms with Crippen molar-refractivity contribution in [2.75, 3.05) is 0 Å². The summed E-state index contributed by atoms with van der Waals surface area (Å²) in [6, 6.07) is 6.36.